The number of hydrogen-bond acceptors (Lipinski definition) is 7. The molecule has 29 heavy (non-hydrogen) atoms. The number of aliphatic carboxylic acids is 1. The van der Waals surface area contributed by atoms with Gasteiger partial charge in [-0.1, -0.05) is 17.7 Å². The number of para-hydroxylation sites is 1. The predicted molar refractivity (Wildman–Crippen MR) is 105 cm³/mol. The second kappa shape index (κ2) is 8.18. The average Bonchev–Trinajstić information content (AvgIpc) is 2.67. The smallest absolute Gasteiger partial charge is 0.306 e. The Balaban J connectivity index is 1.34. The second-order valence-corrected chi connectivity index (χ2v) is 7.15. The lowest BCUT2D eigenvalue weighted by Gasteiger charge is -2.31. The number of pyridine rings is 1. The second-order valence-electron chi connectivity index (χ2n) is 6.74. The number of nitrogens with zero attached hydrogens (tertiary/aromatic N) is 3. The van der Waals surface area contributed by atoms with E-state index in [0.717, 1.165) is 0 Å². The summed E-state index contributed by atoms with van der Waals surface area (Å²) in [5.41, 5.74) is 1.08. The van der Waals surface area contributed by atoms with Crippen LogP contribution in [0.15, 0.2) is 36.5 Å². The topological polar surface area (TPSA) is 115 Å². The molecule has 4 rings (SSSR count). The van der Waals surface area contributed by atoms with Gasteiger partial charge in [-0.2, -0.15) is 4.98 Å². The summed E-state index contributed by atoms with van der Waals surface area (Å²) in [6.45, 7) is 0.671. The van der Waals surface area contributed by atoms with Gasteiger partial charge in [0, 0.05) is 17.8 Å². The Labute approximate surface area is 171 Å². The fraction of sp³-hybridized carbons (Fsp3) is 0.300. The highest BCUT2D eigenvalue weighted by atomic mass is 35.5. The fourth-order valence-electron chi connectivity index (χ4n) is 3.09. The van der Waals surface area contributed by atoms with E-state index in [4.69, 9.17) is 26.2 Å². The van der Waals surface area contributed by atoms with Crippen molar-refractivity contribution < 1.29 is 24.5 Å². The third kappa shape index (κ3) is 4.23. The summed E-state index contributed by atoms with van der Waals surface area (Å²) in [4.78, 5) is 23.5. The van der Waals surface area contributed by atoms with Crippen LogP contribution in [0.1, 0.15) is 12.8 Å². The molecule has 0 radical (unpaired) electrons. The predicted octanol–water partition coefficient (Wildman–Crippen LogP) is 3.31. The van der Waals surface area contributed by atoms with Crippen LogP contribution in [0.4, 0.5) is 0 Å². The molecule has 0 atom stereocenters. The third-order valence-corrected chi connectivity index (χ3v) is 5.09. The van der Waals surface area contributed by atoms with Crippen LogP contribution in [0.25, 0.3) is 22.3 Å². The zero-order chi connectivity index (χ0) is 20.4. The number of carboxylic acid groups (broad SMARTS) is 1. The van der Waals surface area contributed by atoms with E-state index in [2.05, 4.69) is 15.0 Å². The molecule has 2 heterocycles. The van der Waals surface area contributed by atoms with E-state index in [0.29, 0.717) is 59.2 Å². The molecule has 2 N–H and O–H groups in total. The van der Waals surface area contributed by atoms with Gasteiger partial charge in [0.15, 0.2) is 5.82 Å². The van der Waals surface area contributed by atoms with Gasteiger partial charge >= 0.3 is 5.97 Å². The highest BCUT2D eigenvalue weighted by molar-refractivity contribution is 6.35. The fourth-order valence-corrected chi connectivity index (χ4v) is 3.31. The molecule has 1 aliphatic rings. The van der Waals surface area contributed by atoms with E-state index in [1.54, 1.807) is 36.5 Å². The Morgan fingerprint density at radius 3 is 2.72 bits per heavy atom. The summed E-state index contributed by atoms with van der Waals surface area (Å²) in [6, 6.07) is 8.53. The molecular formula is C20H18ClN3O5. The normalized spacial score (nSPS) is 18.4. The van der Waals surface area contributed by atoms with E-state index in [-0.39, 0.29) is 17.9 Å². The third-order valence-electron chi connectivity index (χ3n) is 4.78. The lowest BCUT2D eigenvalue weighted by Crippen LogP contribution is -2.37. The van der Waals surface area contributed by atoms with Gasteiger partial charge in [0.2, 0.25) is 11.8 Å². The SMILES string of the molecule is O=C(O)C1CC(OCCOc2ccc(-c3nc(O)c4cccc(Cl)c4n3)cn2)C1. The molecular weight excluding hydrogens is 398 g/mol. The first-order valence-corrected chi connectivity index (χ1v) is 9.48. The maximum Gasteiger partial charge on any atom is 0.306 e. The number of aromatic hydroxyl groups is 1. The Morgan fingerprint density at radius 2 is 2.00 bits per heavy atom. The standard InChI is InChI=1S/C20H18ClN3O5/c21-15-3-1-2-14-17(15)23-18(24-19(14)25)11-4-5-16(22-10-11)29-7-6-28-13-8-12(9-13)20(26)27/h1-5,10,12-13H,6-9H2,(H,26,27)(H,23,24,25). The maximum atomic E-state index is 10.8. The van der Waals surface area contributed by atoms with Crippen molar-refractivity contribution in [2.45, 2.75) is 18.9 Å². The molecule has 2 aromatic heterocycles. The molecule has 1 saturated carbocycles. The number of carbonyl (C=O) groups is 1. The van der Waals surface area contributed by atoms with E-state index in [9.17, 15) is 9.90 Å². The summed E-state index contributed by atoms with van der Waals surface area (Å²) in [5.74, 6) is -0.481. The Hall–Kier alpha value is -2.97. The molecule has 0 saturated heterocycles. The van der Waals surface area contributed by atoms with Crippen LogP contribution in [0.2, 0.25) is 5.02 Å². The molecule has 1 aromatic carbocycles. The van der Waals surface area contributed by atoms with Crippen LogP contribution in [0.3, 0.4) is 0 Å². The Kier molecular flexibility index (Phi) is 5.46. The number of carboxylic acids is 1. The van der Waals surface area contributed by atoms with Gasteiger partial charge in [-0.25, -0.2) is 9.97 Å². The van der Waals surface area contributed by atoms with Gasteiger partial charge in [0.25, 0.3) is 0 Å². The maximum absolute atomic E-state index is 10.8. The van der Waals surface area contributed by atoms with Crippen molar-refractivity contribution in [2.75, 3.05) is 13.2 Å². The minimum absolute atomic E-state index is 0.0143. The van der Waals surface area contributed by atoms with Crippen LogP contribution in [-0.2, 0) is 9.53 Å². The molecule has 8 nitrogen and oxygen atoms in total. The van der Waals surface area contributed by atoms with Crippen molar-refractivity contribution in [1.29, 1.82) is 0 Å². The number of fused-ring (bicyclic) bond motifs is 1. The average molecular weight is 416 g/mol. The highest BCUT2D eigenvalue weighted by Gasteiger charge is 2.34. The number of halogens is 1. The largest absolute Gasteiger partial charge is 0.493 e. The van der Waals surface area contributed by atoms with E-state index >= 15 is 0 Å². The molecule has 9 heteroatoms. The summed E-state index contributed by atoms with van der Waals surface area (Å²) < 4.78 is 11.1. The zero-order valence-corrected chi connectivity index (χ0v) is 16.0. The molecule has 0 amide bonds. The number of hydrogen-bond donors (Lipinski definition) is 2. The van der Waals surface area contributed by atoms with Crippen molar-refractivity contribution in [3.63, 3.8) is 0 Å². The van der Waals surface area contributed by atoms with Crippen molar-refractivity contribution in [3.05, 3.63) is 41.6 Å². The van der Waals surface area contributed by atoms with Crippen LogP contribution < -0.4 is 4.74 Å². The van der Waals surface area contributed by atoms with E-state index < -0.39 is 5.97 Å². The van der Waals surface area contributed by atoms with Gasteiger partial charge in [-0.05, 0) is 31.0 Å². The molecule has 0 aliphatic heterocycles. The van der Waals surface area contributed by atoms with Crippen molar-refractivity contribution in [3.8, 4) is 23.1 Å². The molecule has 0 spiro atoms. The van der Waals surface area contributed by atoms with Crippen LogP contribution in [0, 0.1) is 5.92 Å². The summed E-state index contributed by atoms with van der Waals surface area (Å²) in [7, 11) is 0. The zero-order valence-electron chi connectivity index (χ0n) is 15.3. The van der Waals surface area contributed by atoms with Gasteiger partial charge in [0.1, 0.15) is 6.61 Å². The number of benzene rings is 1. The molecule has 150 valence electrons. The molecule has 0 unspecified atom stereocenters. The van der Waals surface area contributed by atoms with Gasteiger partial charge in [-0.15, -0.1) is 0 Å². The van der Waals surface area contributed by atoms with Crippen LogP contribution in [-0.4, -0.2) is 50.5 Å². The molecule has 0 bridgehead atoms. The van der Waals surface area contributed by atoms with Gasteiger partial charge in [-0.3, -0.25) is 4.79 Å². The lowest BCUT2D eigenvalue weighted by molar-refractivity contribution is -0.151. The first-order valence-electron chi connectivity index (χ1n) is 9.10. The minimum Gasteiger partial charge on any atom is -0.493 e. The van der Waals surface area contributed by atoms with E-state index in [1.165, 1.54) is 0 Å². The lowest BCUT2D eigenvalue weighted by atomic mass is 9.82. The Morgan fingerprint density at radius 1 is 1.17 bits per heavy atom. The molecule has 3 aromatic rings. The highest BCUT2D eigenvalue weighted by Crippen LogP contribution is 2.31. The quantitative estimate of drug-likeness (QED) is 0.565. The first-order chi connectivity index (χ1) is 14.0. The van der Waals surface area contributed by atoms with Crippen molar-refractivity contribution in [2.24, 2.45) is 5.92 Å². The first kappa shape index (κ1) is 19.4. The van der Waals surface area contributed by atoms with Gasteiger partial charge < -0.3 is 19.7 Å². The minimum atomic E-state index is -0.767. The monoisotopic (exact) mass is 415 g/mol. The van der Waals surface area contributed by atoms with Crippen LogP contribution >= 0.6 is 11.6 Å². The van der Waals surface area contributed by atoms with Crippen molar-refractivity contribution >= 4 is 28.5 Å². The number of ether oxygens (including phenoxy) is 2. The van der Waals surface area contributed by atoms with Crippen molar-refractivity contribution in [1.82, 2.24) is 15.0 Å². The Bertz CT molecular complexity index is 1040. The summed E-state index contributed by atoms with van der Waals surface area (Å²) in [6.07, 6.45) is 2.63. The van der Waals surface area contributed by atoms with E-state index in [1.807, 2.05) is 0 Å². The molecule has 1 fully saturated rings. The number of rotatable bonds is 7. The van der Waals surface area contributed by atoms with Crippen LogP contribution in [0.5, 0.6) is 11.8 Å². The summed E-state index contributed by atoms with van der Waals surface area (Å²) >= 11 is 6.17. The van der Waals surface area contributed by atoms with Gasteiger partial charge in [0.05, 0.1) is 34.6 Å². The number of aromatic nitrogens is 3. The molecule has 1 aliphatic carbocycles. The summed E-state index contributed by atoms with van der Waals surface area (Å²) in [5, 5.41) is 19.9.